The van der Waals surface area contributed by atoms with Crippen LogP contribution in [0.1, 0.15) is 46.9 Å². The zero-order chi connectivity index (χ0) is 19.8. The summed E-state index contributed by atoms with van der Waals surface area (Å²) in [5.41, 5.74) is 0.899. The topological polar surface area (TPSA) is 76.7 Å². The van der Waals surface area contributed by atoms with Gasteiger partial charge < -0.3 is 20.1 Å². The van der Waals surface area contributed by atoms with Gasteiger partial charge in [0.05, 0.1) is 30.7 Å². The summed E-state index contributed by atoms with van der Waals surface area (Å²) in [6.45, 7) is 8.64. The summed E-state index contributed by atoms with van der Waals surface area (Å²) in [6, 6.07) is 9.01. The maximum Gasteiger partial charge on any atom is 0.261 e. The highest BCUT2D eigenvalue weighted by atomic mass is 32.1. The summed E-state index contributed by atoms with van der Waals surface area (Å²) in [6.07, 6.45) is 0. The largest absolute Gasteiger partial charge is 0.490 e. The number of thiophene rings is 1. The van der Waals surface area contributed by atoms with Gasteiger partial charge in [-0.05, 0) is 57.5 Å². The molecule has 1 aromatic carbocycles. The fourth-order valence-electron chi connectivity index (χ4n) is 2.52. The second-order valence-electron chi connectivity index (χ2n) is 5.95. The molecule has 0 aliphatic rings. The van der Waals surface area contributed by atoms with Crippen molar-refractivity contribution < 1.29 is 19.1 Å². The lowest BCUT2D eigenvalue weighted by atomic mass is 10.1. The van der Waals surface area contributed by atoms with E-state index in [0.29, 0.717) is 29.6 Å². The first-order valence-corrected chi connectivity index (χ1v) is 9.79. The van der Waals surface area contributed by atoms with Crippen molar-refractivity contribution in [2.24, 2.45) is 0 Å². The average molecular weight is 391 g/mol. The van der Waals surface area contributed by atoms with Crippen LogP contribution in [0.5, 0.6) is 11.5 Å². The number of hydrogen-bond donors (Lipinski definition) is 2. The summed E-state index contributed by atoms with van der Waals surface area (Å²) in [4.78, 5) is 25.8. The van der Waals surface area contributed by atoms with E-state index in [4.69, 9.17) is 9.47 Å². The van der Waals surface area contributed by atoms with Crippen molar-refractivity contribution in [1.82, 2.24) is 10.6 Å². The molecular formula is C20H26N2O4S. The van der Waals surface area contributed by atoms with Crippen LogP contribution in [0.4, 0.5) is 0 Å². The molecule has 0 bridgehead atoms. The molecule has 0 unspecified atom stereocenters. The minimum atomic E-state index is -0.254. The fourth-order valence-corrected chi connectivity index (χ4v) is 3.30. The van der Waals surface area contributed by atoms with E-state index >= 15 is 0 Å². The molecule has 1 atom stereocenters. The van der Waals surface area contributed by atoms with Gasteiger partial charge in [0.25, 0.3) is 5.91 Å². The maximum absolute atomic E-state index is 12.2. The molecule has 146 valence electrons. The number of nitrogens with one attached hydrogen (secondary N) is 2. The molecule has 0 spiro atoms. The SMILES string of the molecule is CCOc1ccc([C@@H](C)NC(=O)CNC(=O)c2ccc(C)s2)cc1OCC. The fraction of sp³-hybridized carbons (Fsp3) is 0.400. The minimum Gasteiger partial charge on any atom is -0.490 e. The Morgan fingerprint density at radius 1 is 1.07 bits per heavy atom. The van der Waals surface area contributed by atoms with Gasteiger partial charge in [0.1, 0.15) is 0 Å². The molecule has 0 fully saturated rings. The maximum atomic E-state index is 12.2. The van der Waals surface area contributed by atoms with Crippen LogP contribution in [0.2, 0.25) is 0 Å². The summed E-state index contributed by atoms with van der Waals surface area (Å²) in [7, 11) is 0. The number of carbonyl (C=O) groups is 2. The molecule has 6 nitrogen and oxygen atoms in total. The molecule has 2 rings (SSSR count). The summed E-state index contributed by atoms with van der Waals surface area (Å²) >= 11 is 1.40. The van der Waals surface area contributed by atoms with Gasteiger partial charge in [-0.2, -0.15) is 0 Å². The molecule has 0 saturated heterocycles. The first-order valence-electron chi connectivity index (χ1n) is 8.98. The number of ether oxygens (including phenoxy) is 2. The second kappa shape index (κ2) is 9.97. The van der Waals surface area contributed by atoms with Gasteiger partial charge in [-0.15, -0.1) is 11.3 Å². The van der Waals surface area contributed by atoms with Gasteiger partial charge in [-0.3, -0.25) is 9.59 Å². The highest BCUT2D eigenvalue weighted by molar-refractivity contribution is 7.13. The monoisotopic (exact) mass is 390 g/mol. The predicted octanol–water partition coefficient (Wildman–Crippen LogP) is 3.46. The van der Waals surface area contributed by atoms with E-state index in [9.17, 15) is 9.59 Å². The molecule has 0 radical (unpaired) electrons. The van der Waals surface area contributed by atoms with E-state index in [0.717, 1.165) is 10.4 Å². The van der Waals surface area contributed by atoms with E-state index in [1.165, 1.54) is 11.3 Å². The van der Waals surface area contributed by atoms with E-state index in [2.05, 4.69) is 10.6 Å². The first-order chi connectivity index (χ1) is 12.9. The zero-order valence-corrected chi connectivity index (χ0v) is 16.9. The van der Waals surface area contributed by atoms with Crippen LogP contribution in [0.25, 0.3) is 0 Å². The van der Waals surface area contributed by atoms with Crippen molar-refractivity contribution in [1.29, 1.82) is 0 Å². The van der Waals surface area contributed by atoms with Gasteiger partial charge in [-0.1, -0.05) is 6.07 Å². The quantitative estimate of drug-likeness (QED) is 0.687. The van der Waals surface area contributed by atoms with Gasteiger partial charge in [0.15, 0.2) is 11.5 Å². The van der Waals surface area contributed by atoms with E-state index in [-0.39, 0.29) is 24.4 Å². The Labute approximate surface area is 163 Å². The van der Waals surface area contributed by atoms with E-state index < -0.39 is 0 Å². The number of rotatable bonds is 9. The molecule has 0 aliphatic heterocycles. The third-order valence-electron chi connectivity index (χ3n) is 3.82. The molecule has 2 aromatic rings. The lowest BCUT2D eigenvalue weighted by Gasteiger charge is -2.17. The molecule has 7 heteroatoms. The standard InChI is InChI=1S/C20H26N2O4S/c1-5-25-16-9-8-15(11-17(16)26-6-2)14(4)22-19(23)12-21-20(24)18-10-7-13(3)27-18/h7-11,14H,5-6,12H2,1-4H3,(H,21,24)(H,22,23)/t14-/m1/s1. The molecule has 2 N–H and O–H groups in total. The van der Waals surface area contributed by atoms with E-state index in [1.54, 1.807) is 6.07 Å². The van der Waals surface area contributed by atoms with Crippen LogP contribution in [0, 0.1) is 6.92 Å². The minimum absolute atomic E-state index is 0.0739. The molecule has 1 aromatic heterocycles. The third kappa shape index (κ3) is 5.99. The van der Waals surface area contributed by atoms with Crippen molar-refractivity contribution >= 4 is 23.2 Å². The number of hydrogen-bond acceptors (Lipinski definition) is 5. The van der Waals surface area contributed by atoms with Crippen LogP contribution in [-0.2, 0) is 4.79 Å². The summed E-state index contributed by atoms with van der Waals surface area (Å²) in [5, 5.41) is 5.52. The van der Waals surface area contributed by atoms with Crippen LogP contribution in [-0.4, -0.2) is 31.6 Å². The molecule has 2 amide bonds. The lowest BCUT2D eigenvalue weighted by Crippen LogP contribution is -2.37. The van der Waals surface area contributed by atoms with Crippen LogP contribution in [0.3, 0.4) is 0 Å². The van der Waals surface area contributed by atoms with Crippen molar-refractivity contribution in [3.8, 4) is 11.5 Å². The molecule has 1 heterocycles. The Morgan fingerprint density at radius 2 is 1.78 bits per heavy atom. The van der Waals surface area contributed by atoms with Gasteiger partial charge in [0.2, 0.25) is 5.91 Å². The van der Waals surface area contributed by atoms with Crippen LogP contribution < -0.4 is 20.1 Å². The van der Waals surface area contributed by atoms with Crippen molar-refractivity contribution in [2.45, 2.75) is 33.7 Å². The van der Waals surface area contributed by atoms with Gasteiger partial charge >= 0.3 is 0 Å². The van der Waals surface area contributed by atoms with Crippen molar-refractivity contribution in [3.05, 3.63) is 45.6 Å². The number of aryl methyl sites for hydroxylation is 1. The second-order valence-corrected chi connectivity index (χ2v) is 7.24. The first kappa shape index (κ1) is 20.8. The van der Waals surface area contributed by atoms with Crippen molar-refractivity contribution in [2.75, 3.05) is 19.8 Å². The normalized spacial score (nSPS) is 11.6. The summed E-state index contributed by atoms with van der Waals surface area (Å²) < 4.78 is 11.2. The Balaban J connectivity index is 1.93. The van der Waals surface area contributed by atoms with Crippen LogP contribution >= 0.6 is 11.3 Å². The van der Waals surface area contributed by atoms with Crippen molar-refractivity contribution in [3.63, 3.8) is 0 Å². The smallest absolute Gasteiger partial charge is 0.261 e. The molecule has 27 heavy (non-hydrogen) atoms. The zero-order valence-electron chi connectivity index (χ0n) is 16.1. The summed E-state index contributed by atoms with van der Waals surface area (Å²) in [5.74, 6) is 0.839. The van der Waals surface area contributed by atoms with E-state index in [1.807, 2.05) is 52.0 Å². The Hall–Kier alpha value is -2.54. The highest BCUT2D eigenvalue weighted by Gasteiger charge is 2.15. The molecule has 0 aliphatic carbocycles. The number of amides is 2. The molecule has 0 saturated carbocycles. The lowest BCUT2D eigenvalue weighted by molar-refractivity contribution is -0.120. The average Bonchev–Trinajstić information content (AvgIpc) is 3.08. The molecular weight excluding hydrogens is 364 g/mol. The third-order valence-corrected chi connectivity index (χ3v) is 4.82. The Kier molecular flexibility index (Phi) is 7.67. The Morgan fingerprint density at radius 3 is 2.41 bits per heavy atom. The van der Waals surface area contributed by atoms with Crippen LogP contribution in [0.15, 0.2) is 30.3 Å². The number of carbonyl (C=O) groups excluding carboxylic acids is 2. The van der Waals surface area contributed by atoms with Gasteiger partial charge in [0, 0.05) is 4.88 Å². The number of benzene rings is 1. The Bertz CT molecular complexity index is 788. The predicted molar refractivity (Wildman–Crippen MR) is 107 cm³/mol. The van der Waals surface area contributed by atoms with Gasteiger partial charge in [-0.25, -0.2) is 0 Å². The highest BCUT2D eigenvalue weighted by Crippen LogP contribution is 2.30.